The minimum atomic E-state index is -0.455. The summed E-state index contributed by atoms with van der Waals surface area (Å²) in [5.41, 5.74) is 0.827. The Labute approximate surface area is 108 Å². The predicted molar refractivity (Wildman–Crippen MR) is 71.1 cm³/mol. The molecule has 0 saturated carbocycles. The van der Waals surface area contributed by atoms with Gasteiger partial charge in [0.05, 0.1) is 11.0 Å². The first kappa shape index (κ1) is 12.6. The molecule has 19 heavy (non-hydrogen) atoms. The van der Waals surface area contributed by atoms with Gasteiger partial charge < -0.3 is 9.62 Å². The highest BCUT2D eigenvalue weighted by Gasteiger charge is 2.05. The quantitative estimate of drug-likeness (QED) is 0.277. The number of hydrogen-bond acceptors (Lipinski definition) is 4. The van der Waals surface area contributed by atoms with Gasteiger partial charge in [-0.2, -0.15) is 0 Å². The minimum Gasteiger partial charge on any atom is -0.616 e. The van der Waals surface area contributed by atoms with Gasteiger partial charge in [0.25, 0.3) is 5.69 Å². The maximum Gasteiger partial charge on any atom is 0.384 e. The van der Waals surface area contributed by atoms with E-state index in [1.165, 1.54) is 18.2 Å². The van der Waals surface area contributed by atoms with Crippen molar-refractivity contribution < 1.29 is 14.1 Å². The number of non-ortho nitro benzene ring substituents is 1. The molecule has 0 fully saturated rings. The van der Waals surface area contributed by atoms with Gasteiger partial charge >= 0.3 is 5.88 Å². The Morgan fingerprint density at radius 2 is 1.74 bits per heavy atom. The van der Waals surface area contributed by atoms with E-state index >= 15 is 0 Å². The monoisotopic (exact) mass is 258 g/mol. The number of hydrogen-bond donors (Lipinski definition) is 0. The summed E-state index contributed by atoms with van der Waals surface area (Å²) in [5, 5.41) is 21.3. The summed E-state index contributed by atoms with van der Waals surface area (Å²) >= 11 is 0. The summed E-state index contributed by atoms with van der Waals surface area (Å²) in [6.45, 7) is 3.16. The Balaban J connectivity index is 2.13. The molecule has 0 radical (unpaired) electrons. The van der Waals surface area contributed by atoms with Gasteiger partial charge in [0.2, 0.25) is 0 Å². The van der Waals surface area contributed by atoms with Crippen molar-refractivity contribution in [2.24, 2.45) is 0 Å². The lowest BCUT2D eigenvalue weighted by Gasteiger charge is -1.94. The van der Waals surface area contributed by atoms with Crippen LogP contribution in [0.5, 0.6) is 0 Å². The van der Waals surface area contributed by atoms with Gasteiger partial charge in [-0.25, -0.2) is 0 Å². The van der Waals surface area contributed by atoms with E-state index in [2.05, 4.69) is 6.72 Å². The molecule has 0 N–H and O–H groups in total. The van der Waals surface area contributed by atoms with E-state index in [1.54, 1.807) is 30.4 Å². The van der Waals surface area contributed by atoms with Crippen molar-refractivity contribution in [2.75, 3.05) is 0 Å². The first-order valence-corrected chi connectivity index (χ1v) is 5.36. The van der Waals surface area contributed by atoms with E-state index < -0.39 is 4.92 Å². The number of nitrogens with zero attached hydrogens (tertiary/aromatic N) is 2. The zero-order chi connectivity index (χ0) is 13.8. The summed E-state index contributed by atoms with van der Waals surface area (Å²) in [4.78, 5) is 10.0. The highest BCUT2D eigenvalue weighted by atomic mass is 16.6. The fourth-order valence-electron chi connectivity index (χ4n) is 1.45. The topological polar surface area (TPSA) is 82.3 Å². The molecular weight excluding hydrogens is 248 g/mol. The Hall–Kier alpha value is -2.89. The number of rotatable bonds is 4. The van der Waals surface area contributed by atoms with Crippen LogP contribution in [0.3, 0.4) is 0 Å². The van der Waals surface area contributed by atoms with Gasteiger partial charge in [-0.3, -0.25) is 10.1 Å². The van der Waals surface area contributed by atoms with Gasteiger partial charge in [0.1, 0.15) is 12.5 Å². The van der Waals surface area contributed by atoms with E-state index in [9.17, 15) is 15.3 Å². The van der Waals surface area contributed by atoms with E-state index in [0.717, 1.165) is 5.56 Å². The SMILES string of the molecule is C=[N+]([O-])c1ccc(/C=C/c2ccc([N+](=O)[O-])cc2)o1. The van der Waals surface area contributed by atoms with Crippen LogP contribution in [0.2, 0.25) is 0 Å². The third-order valence-electron chi connectivity index (χ3n) is 2.40. The summed E-state index contributed by atoms with van der Waals surface area (Å²) in [6, 6.07) is 9.23. The van der Waals surface area contributed by atoms with Crippen LogP contribution in [-0.2, 0) is 0 Å². The fourth-order valence-corrected chi connectivity index (χ4v) is 1.45. The molecule has 0 saturated heterocycles. The number of furan rings is 1. The molecule has 0 spiro atoms. The molecule has 1 heterocycles. The second-order valence-electron chi connectivity index (χ2n) is 3.74. The maximum atomic E-state index is 10.9. The molecule has 1 aromatic carbocycles. The molecule has 6 nitrogen and oxygen atoms in total. The van der Waals surface area contributed by atoms with Crippen LogP contribution in [0.25, 0.3) is 12.2 Å². The second-order valence-corrected chi connectivity index (χ2v) is 3.74. The summed E-state index contributed by atoms with van der Waals surface area (Å²) in [7, 11) is 0. The molecule has 0 aliphatic carbocycles. The van der Waals surface area contributed by atoms with Gasteiger partial charge in [0.15, 0.2) is 0 Å². The molecule has 0 amide bonds. The molecule has 1 aromatic heterocycles. The molecule has 0 bridgehead atoms. The predicted octanol–water partition coefficient (Wildman–Crippen LogP) is 3.20. The number of nitro benzene ring substituents is 1. The molecule has 2 aromatic rings. The average molecular weight is 258 g/mol. The molecule has 0 unspecified atom stereocenters. The van der Waals surface area contributed by atoms with E-state index in [-0.39, 0.29) is 11.6 Å². The Kier molecular flexibility index (Phi) is 3.42. The van der Waals surface area contributed by atoms with Crippen LogP contribution in [0.1, 0.15) is 11.3 Å². The lowest BCUT2D eigenvalue weighted by atomic mass is 10.2. The minimum absolute atomic E-state index is 0.0384. The van der Waals surface area contributed by atoms with Crippen molar-refractivity contribution >= 4 is 30.4 Å². The van der Waals surface area contributed by atoms with Crippen LogP contribution in [0.4, 0.5) is 11.6 Å². The lowest BCUT2D eigenvalue weighted by Crippen LogP contribution is -1.86. The van der Waals surface area contributed by atoms with Gasteiger partial charge in [-0.1, -0.05) is 6.08 Å². The second kappa shape index (κ2) is 5.18. The standard InChI is InChI=1S/C13H10N2O4/c1-14(16)13-9-8-12(19-13)7-4-10-2-5-11(6-3-10)15(17)18/h2-9H,1H2/b7-4+. The zero-order valence-corrected chi connectivity index (χ0v) is 9.85. The highest BCUT2D eigenvalue weighted by molar-refractivity contribution is 5.68. The van der Waals surface area contributed by atoms with Crippen molar-refractivity contribution in [3.63, 3.8) is 0 Å². The van der Waals surface area contributed by atoms with Gasteiger partial charge in [-0.05, 0) is 29.8 Å². The fraction of sp³-hybridized carbons (Fsp3) is 0. The molecule has 0 atom stereocenters. The first-order chi connectivity index (χ1) is 9.06. The normalized spacial score (nSPS) is 10.7. The Morgan fingerprint density at radius 1 is 1.05 bits per heavy atom. The zero-order valence-electron chi connectivity index (χ0n) is 9.85. The number of nitro groups is 1. The smallest absolute Gasteiger partial charge is 0.384 e. The molecular formula is C13H10N2O4. The van der Waals surface area contributed by atoms with Gasteiger partial charge in [-0.15, -0.1) is 4.74 Å². The summed E-state index contributed by atoms with van der Waals surface area (Å²) in [5.74, 6) is 0.612. The van der Waals surface area contributed by atoms with Crippen LogP contribution in [-0.4, -0.2) is 16.4 Å². The largest absolute Gasteiger partial charge is 0.616 e. The van der Waals surface area contributed by atoms with Crippen molar-refractivity contribution in [3.05, 3.63) is 63.0 Å². The van der Waals surface area contributed by atoms with Crippen molar-refractivity contribution in [2.45, 2.75) is 0 Å². The summed E-state index contributed by atoms with van der Waals surface area (Å²) < 4.78 is 5.56. The van der Waals surface area contributed by atoms with E-state index in [4.69, 9.17) is 4.42 Å². The highest BCUT2D eigenvalue weighted by Crippen LogP contribution is 2.18. The molecule has 96 valence electrons. The third-order valence-corrected chi connectivity index (χ3v) is 2.40. The molecule has 2 rings (SSSR count). The average Bonchev–Trinajstić information content (AvgIpc) is 2.86. The van der Waals surface area contributed by atoms with E-state index in [0.29, 0.717) is 10.5 Å². The van der Waals surface area contributed by atoms with Crippen LogP contribution < -0.4 is 0 Å². The maximum absolute atomic E-state index is 10.9. The Bertz CT molecular complexity index is 641. The number of benzene rings is 1. The molecule has 0 aliphatic rings. The third kappa shape index (κ3) is 3.06. The van der Waals surface area contributed by atoms with Crippen LogP contribution >= 0.6 is 0 Å². The van der Waals surface area contributed by atoms with Crippen molar-refractivity contribution in [1.29, 1.82) is 0 Å². The Morgan fingerprint density at radius 3 is 2.26 bits per heavy atom. The van der Waals surface area contributed by atoms with Gasteiger partial charge in [0, 0.05) is 12.1 Å². The van der Waals surface area contributed by atoms with E-state index in [1.807, 2.05) is 0 Å². The van der Waals surface area contributed by atoms with Crippen molar-refractivity contribution in [1.82, 2.24) is 0 Å². The first-order valence-electron chi connectivity index (χ1n) is 5.36. The summed E-state index contributed by atoms with van der Waals surface area (Å²) in [6.07, 6.45) is 3.39. The van der Waals surface area contributed by atoms with Crippen LogP contribution in [0, 0.1) is 15.3 Å². The molecule has 6 heteroatoms. The van der Waals surface area contributed by atoms with Crippen molar-refractivity contribution in [3.8, 4) is 0 Å². The van der Waals surface area contributed by atoms with Crippen LogP contribution in [0.15, 0.2) is 40.8 Å². The molecule has 0 aliphatic heterocycles. The lowest BCUT2D eigenvalue weighted by molar-refractivity contribution is -0.384.